The van der Waals surface area contributed by atoms with Crippen molar-refractivity contribution < 1.29 is 8.42 Å². The molecule has 200 valence electrons. The molecule has 0 saturated heterocycles. The summed E-state index contributed by atoms with van der Waals surface area (Å²) >= 11 is 0. The number of nitrogens with one attached hydrogen (secondary N) is 4. The van der Waals surface area contributed by atoms with E-state index in [9.17, 15) is 8.42 Å². The number of hydrazine groups is 1. The molecule has 10 heteroatoms. The highest BCUT2D eigenvalue weighted by atomic mass is 32.2. The van der Waals surface area contributed by atoms with Gasteiger partial charge in [-0.1, -0.05) is 13.3 Å². The quantitative estimate of drug-likeness (QED) is 0.304. The molecule has 1 aromatic heterocycles. The van der Waals surface area contributed by atoms with Gasteiger partial charge in [0.25, 0.3) is 0 Å². The number of likely N-dealkylation sites (N-methyl/N-ethyl adjacent to an activating group) is 2. The van der Waals surface area contributed by atoms with Crippen LogP contribution in [0.3, 0.4) is 0 Å². The average Bonchev–Trinajstić information content (AvgIpc) is 3.11. The summed E-state index contributed by atoms with van der Waals surface area (Å²) in [5.74, 6) is 0. The van der Waals surface area contributed by atoms with Crippen molar-refractivity contribution in [1.82, 2.24) is 29.9 Å². The molecule has 0 fully saturated rings. The van der Waals surface area contributed by atoms with E-state index in [-0.39, 0.29) is 6.04 Å². The summed E-state index contributed by atoms with van der Waals surface area (Å²) in [4.78, 5) is 5.52. The molecule has 36 heavy (non-hydrogen) atoms. The third-order valence-electron chi connectivity index (χ3n) is 6.51. The first-order valence-corrected chi connectivity index (χ1v) is 14.2. The van der Waals surface area contributed by atoms with Gasteiger partial charge in [0.1, 0.15) is 0 Å². The normalized spacial score (nSPS) is 14.3. The Balaban J connectivity index is 1.70. The van der Waals surface area contributed by atoms with Crippen LogP contribution in [0.25, 0.3) is 10.9 Å². The van der Waals surface area contributed by atoms with Crippen LogP contribution in [-0.4, -0.2) is 74.4 Å². The average molecular weight is 518 g/mol. The fourth-order valence-corrected chi connectivity index (χ4v) is 5.82. The summed E-state index contributed by atoms with van der Waals surface area (Å²) in [5, 5.41) is 6.61. The minimum atomic E-state index is -3.63. The Hall–Kier alpha value is -2.69. The number of allylic oxidation sites excluding steroid dienone is 1. The van der Waals surface area contributed by atoms with E-state index >= 15 is 0 Å². The second-order valence-corrected chi connectivity index (χ2v) is 11.5. The van der Waals surface area contributed by atoms with Gasteiger partial charge in [-0.25, -0.2) is 0 Å². The standard InChI is InChI=1S/C26H43N7O2S/c1-8-9-14-33(19(2)3)36(34,35)30-21-10-11-26-25(15-21)24(20(4)29-26)12-13-27-17-23-16-22(31(5)6)18-28-32(23)7/h10-11,15-16,18-19,27-30H,8-9,12-14,17H2,1-7H3. The molecule has 4 N–H and O–H groups in total. The van der Waals surface area contributed by atoms with Gasteiger partial charge in [0.15, 0.2) is 0 Å². The Morgan fingerprint density at radius 1 is 1.19 bits per heavy atom. The smallest absolute Gasteiger partial charge is 0.301 e. The van der Waals surface area contributed by atoms with Crippen molar-refractivity contribution in [2.24, 2.45) is 0 Å². The molecular formula is C26H43N7O2S. The maximum atomic E-state index is 13.1. The van der Waals surface area contributed by atoms with Gasteiger partial charge in [-0.2, -0.15) is 12.7 Å². The van der Waals surface area contributed by atoms with Crippen LogP contribution in [0.5, 0.6) is 0 Å². The topological polar surface area (TPSA) is 95.7 Å². The molecule has 0 bridgehead atoms. The first-order valence-electron chi connectivity index (χ1n) is 12.7. The number of hydrogen-bond donors (Lipinski definition) is 4. The summed E-state index contributed by atoms with van der Waals surface area (Å²) < 4.78 is 30.5. The molecular weight excluding hydrogens is 474 g/mol. The zero-order valence-electron chi connectivity index (χ0n) is 22.8. The van der Waals surface area contributed by atoms with Gasteiger partial charge >= 0.3 is 10.2 Å². The maximum absolute atomic E-state index is 13.1. The number of rotatable bonds is 13. The number of fused-ring (bicyclic) bond motifs is 1. The summed E-state index contributed by atoms with van der Waals surface area (Å²) in [5.41, 5.74) is 9.44. The number of unbranched alkanes of at least 4 members (excludes halogenated alkanes) is 1. The minimum Gasteiger partial charge on any atom is -0.376 e. The van der Waals surface area contributed by atoms with E-state index in [0.29, 0.717) is 12.2 Å². The number of nitrogens with zero attached hydrogens (tertiary/aromatic N) is 3. The van der Waals surface area contributed by atoms with Gasteiger partial charge in [0, 0.05) is 63.1 Å². The largest absolute Gasteiger partial charge is 0.376 e. The number of aryl methyl sites for hydroxylation is 1. The van der Waals surface area contributed by atoms with Crippen LogP contribution in [0.15, 0.2) is 41.9 Å². The predicted molar refractivity (Wildman–Crippen MR) is 150 cm³/mol. The Morgan fingerprint density at radius 3 is 2.61 bits per heavy atom. The highest BCUT2D eigenvalue weighted by molar-refractivity contribution is 7.90. The Bertz CT molecular complexity index is 1200. The predicted octanol–water partition coefficient (Wildman–Crippen LogP) is 3.51. The SMILES string of the molecule is CCCCN(C(C)C)S(=O)(=O)Nc1ccc2[nH]c(C)c(CCNCC3=CC(N(C)C)=CNN3C)c2c1. The molecule has 2 heterocycles. The van der Waals surface area contributed by atoms with Crippen LogP contribution in [0.4, 0.5) is 5.69 Å². The van der Waals surface area contributed by atoms with Crippen LogP contribution in [0, 0.1) is 6.92 Å². The van der Waals surface area contributed by atoms with E-state index in [1.807, 2.05) is 64.4 Å². The number of hydrogen-bond acceptors (Lipinski definition) is 6. The van der Waals surface area contributed by atoms with Crippen molar-refractivity contribution >= 4 is 26.8 Å². The number of anilines is 1. The number of aromatic amines is 1. The van der Waals surface area contributed by atoms with Crippen LogP contribution in [0.1, 0.15) is 44.9 Å². The van der Waals surface area contributed by atoms with Crippen molar-refractivity contribution in [2.45, 2.75) is 53.0 Å². The second-order valence-electron chi connectivity index (χ2n) is 9.87. The molecule has 3 rings (SSSR count). The summed E-state index contributed by atoms with van der Waals surface area (Å²) in [6.45, 7) is 10.0. The van der Waals surface area contributed by atoms with Crippen molar-refractivity contribution in [3.8, 4) is 0 Å². The lowest BCUT2D eigenvalue weighted by Gasteiger charge is -2.29. The van der Waals surface area contributed by atoms with Gasteiger partial charge in [-0.05, 0) is 70.0 Å². The van der Waals surface area contributed by atoms with Crippen LogP contribution in [-0.2, 0) is 16.6 Å². The van der Waals surface area contributed by atoms with E-state index in [2.05, 4.69) is 45.3 Å². The van der Waals surface area contributed by atoms with Crippen molar-refractivity contribution in [2.75, 3.05) is 45.5 Å². The van der Waals surface area contributed by atoms with Gasteiger partial charge < -0.3 is 20.6 Å². The molecule has 1 aromatic carbocycles. The van der Waals surface area contributed by atoms with Crippen molar-refractivity contribution in [3.05, 3.63) is 53.1 Å². The third kappa shape index (κ3) is 6.74. The molecule has 9 nitrogen and oxygen atoms in total. The molecule has 0 aliphatic carbocycles. The molecule has 0 radical (unpaired) electrons. The number of aromatic nitrogens is 1. The third-order valence-corrected chi connectivity index (χ3v) is 8.22. The van der Waals surface area contributed by atoms with E-state index in [1.54, 1.807) is 0 Å². The van der Waals surface area contributed by atoms with E-state index in [4.69, 9.17) is 0 Å². The van der Waals surface area contributed by atoms with Gasteiger partial charge in [0.05, 0.1) is 17.1 Å². The molecule has 0 atom stereocenters. The fourth-order valence-electron chi connectivity index (χ4n) is 4.36. The molecule has 1 aliphatic heterocycles. The van der Waals surface area contributed by atoms with E-state index in [0.717, 1.165) is 60.3 Å². The fraction of sp³-hybridized carbons (Fsp3) is 0.538. The summed E-state index contributed by atoms with van der Waals surface area (Å²) in [7, 11) is 2.43. The lowest BCUT2D eigenvalue weighted by atomic mass is 10.1. The Kier molecular flexibility index (Phi) is 9.32. The van der Waals surface area contributed by atoms with Gasteiger partial charge in [0.2, 0.25) is 0 Å². The molecule has 0 amide bonds. The maximum Gasteiger partial charge on any atom is 0.301 e. The lowest BCUT2D eigenvalue weighted by molar-refractivity contribution is 0.323. The zero-order chi connectivity index (χ0) is 26.5. The van der Waals surface area contributed by atoms with Crippen LogP contribution < -0.4 is 15.5 Å². The van der Waals surface area contributed by atoms with E-state index in [1.165, 1.54) is 9.87 Å². The number of H-pyrrole nitrogens is 1. The molecule has 1 aliphatic rings. The second kappa shape index (κ2) is 12.0. The zero-order valence-corrected chi connectivity index (χ0v) is 23.6. The number of benzene rings is 1. The Labute approximate surface area is 216 Å². The van der Waals surface area contributed by atoms with Gasteiger partial charge in [-0.3, -0.25) is 9.73 Å². The Morgan fingerprint density at radius 2 is 1.94 bits per heavy atom. The summed E-state index contributed by atoms with van der Waals surface area (Å²) in [6, 6.07) is 5.61. The van der Waals surface area contributed by atoms with E-state index < -0.39 is 10.2 Å². The summed E-state index contributed by atoms with van der Waals surface area (Å²) in [6.07, 6.45) is 6.76. The first kappa shape index (κ1) is 27.9. The highest BCUT2D eigenvalue weighted by Gasteiger charge is 2.24. The monoisotopic (exact) mass is 517 g/mol. The van der Waals surface area contributed by atoms with Crippen LogP contribution in [0.2, 0.25) is 0 Å². The van der Waals surface area contributed by atoms with Crippen molar-refractivity contribution in [1.29, 1.82) is 0 Å². The highest BCUT2D eigenvalue weighted by Crippen LogP contribution is 2.27. The lowest BCUT2D eigenvalue weighted by Crippen LogP contribution is -2.41. The van der Waals surface area contributed by atoms with Crippen molar-refractivity contribution in [3.63, 3.8) is 0 Å². The van der Waals surface area contributed by atoms with Crippen LogP contribution >= 0.6 is 0 Å². The molecule has 0 spiro atoms. The van der Waals surface area contributed by atoms with Gasteiger partial charge in [-0.15, -0.1) is 0 Å². The first-order chi connectivity index (χ1) is 17.0. The minimum absolute atomic E-state index is 0.105. The molecule has 0 unspecified atom stereocenters. The molecule has 2 aromatic rings. The molecule has 0 saturated carbocycles.